The van der Waals surface area contributed by atoms with E-state index in [0.717, 1.165) is 16.0 Å². The molecule has 3 rings (SSSR count). The summed E-state index contributed by atoms with van der Waals surface area (Å²) in [5, 5.41) is 7.47. The van der Waals surface area contributed by atoms with Crippen molar-refractivity contribution >= 4 is 29.4 Å². The smallest absolute Gasteiger partial charge is 0.408 e. The Hall–Kier alpha value is -3.92. The molecular formula is C30H38N4O5S. The Morgan fingerprint density at radius 3 is 2.35 bits per heavy atom. The van der Waals surface area contributed by atoms with Gasteiger partial charge in [0.05, 0.1) is 13.2 Å². The minimum atomic E-state index is -0.802. The highest BCUT2D eigenvalue weighted by Gasteiger charge is 2.28. The number of alkyl carbamates (subject to hydrolysis) is 2. The van der Waals surface area contributed by atoms with Gasteiger partial charge in [-0.15, -0.1) is 11.3 Å². The molecule has 3 amide bonds. The summed E-state index contributed by atoms with van der Waals surface area (Å²) >= 11 is 1.57. The molecule has 2 N–H and O–H groups in total. The van der Waals surface area contributed by atoms with Crippen LogP contribution in [-0.4, -0.2) is 46.2 Å². The summed E-state index contributed by atoms with van der Waals surface area (Å²) in [5.74, 6) is -0.211. The van der Waals surface area contributed by atoms with Crippen LogP contribution in [0, 0.1) is 0 Å². The SMILES string of the molecule is CC(C)(C)OC(=O)N[C@@H](CCCCOC(=O)NCc1ccccc1)C(=O)N(Cc1ccncc1)Cc1cccs1. The van der Waals surface area contributed by atoms with Crippen molar-refractivity contribution in [1.29, 1.82) is 0 Å². The molecule has 9 nitrogen and oxygen atoms in total. The van der Waals surface area contributed by atoms with E-state index >= 15 is 0 Å². The van der Waals surface area contributed by atoms with Crippen molar-refractivity contribution < 1.29 is 23.9 Å². The van der Waals surface area contributed by atoms with Crippen LogP contribution in [0.1, 0.15) is 56.0 Å². The standard InChI is InChI=1S/C30H38N4O5S/c1-30(2,3)39-29(37)33-26(13-7-8-18-38-28(36)32-20-23-10-5-4-6-11-23)27(35)34(22-25-12-9-19-40-25)21-24-14-16-31-17-15-24/h4-6,9-12,14-17,19,26H,7-8,13,18,20-22H2,1-3H3,(H,32,36)(H,33,37)/t26-/m0/s1. The molecule has 0 aliphatic carbocycles. The van der Waals surface area contributed by atoms with Crippen molar-refractivity contribution in [2.24, 2.45) is 0 Å². The number of carbonyl (C=O) groups is 3. The normalized spacial score (nSPS) is 11.8. The third kappa shape index (κ3) is 11.4. The van der Waals surface area contributed by atoms with Crippen LogP contribution in [0.2, 0.25) is 0 Å². The summed E-state index contributed by atoms with van der Waals surface area (Å²) in [4.78, 5) is 45.3. The topological polar surface area (TPSA) is 110 Å². The molecule has 2 aromatic heterocycles. The summed E-state index contributed by atoms with van der Waals surface area (Å²) in [7, 11) is 0. The first-order valence-electron chi connectivity index (χ1n) is 13.3. The number of amides is 3. The number of unbranched alkanes of at least 4 members (excludes halogenated alkanes) is 1. The summed E-state index contributed by atoms with van der Waals surface area (Å²) in [5.41, 5.74) is 1.21. The zero-order valence-electron chi connectivity index (χ0n) is 23.3. The van der Waals surface area contributed by atoms with E-state index < -0.39 is 23.8 Å². The second kappa shape index (κ2) is 15.6. The Kier molecular flexibility index (Phi) is 12.0. The van der Waals surface area contributed by atoms with Crippen LogP contribution in [-0.2, 0) is 33.9 Å². The predicted molar refractivity (Wildman–Crippen MR) is 154 cm³/mol. The molecule has 0 spiro atoms. The van der Waals surface area contributed by atoms with E-state index in [-0.39, 0.29) is 12.5 Å². The third-order valence-electron chi connectivity index (χ3n) is 5.75. The number of carbonyl (C=O) groups excluding carboxylic acids is 3. The first-order chi connectivity index (χ1) is 19.2. The van der Waals surface area contributed by atoms with Crippen molar-refractivity contribution in [2.45, 2.75) is 71.3 Å². The minimum Gasteiger partial charge on any atom is -0.450 e. The van der Waals surface area contributed by atoms with Gasteiger partial charge in [-0.1, -0.05) is 36.4 Å². The van der Waals surface area contributed by atoms with Crippen molar-refractivity contribution in [2.75, 3.05) is 6.61 Å². The maximum Gasteiger partial charge on any atom is 0.408 e. The van der Waals surface area contributed by atoms with E-state index in [2.05, 4.69) is 15.6 Å². The molecule has 0 saturated heterocycles. The van der Waals surface area contributed by atoms with E-state index in [0.29, 0.717) is 38.9 Å². The number of ether oxygens (including phenoxy) is 2. The number of thiophene rings is 1. The van der Waals surface area contributed by atoms with Crippen LogP contribution in [0.5, 0.6) is 0 Å². The van der Waals surface area contributed by atoms with E-state index in [9.17, 15) is 14.4 Å². The maximum atomic E-state index is 13.8. The van der Waals surface area contributed by atoms with E-state index in [1.54, 1.807) is 49.4 Å². The quantitative estimate of drug-likeness (QED) is 0.258. The molecule has 0 aliphatic rings. The molecule has 10 heteroatoms. The molecule has 1 aromatic carbocycles. The van der Waals surface area contributed by atoms with Gasteiger partial charge in [0, 0.05) is 30.4 Å². The highest BCUT2D eigenvalue weighted by molar-refractivity contribution is 7.09. The lowest BCUT2D eigenvalue weighted by atomic mass is 10.1. The lowest BCUT2D eigenvalue weighted by Gasteiger charge is -2.29. The highest BCUT2D eigenvalue weighted by Crippen LogP contribution is 2.18. The molecule has 0 fully saturated rings. The lowest BCUT2D eigenvalue weighted by Crippen LogP contribution is -2.49. The Balaban J connectivity index is 1.59. The van der Waals surface area contributed by atoms with Gasteiger partial charge in [-0.25, -0.2) is 9.59 Å². The number of hydrogen-bond donors (Lipinski definition) is 2. The first-order valence-corrected chi connectivity index (χ1v) is 14.2. The maximum absolute atomic E-state index is 13.8. The van der Waals surface area contributed by atoms with Crippen LogP contribution in [0.3, 0.4) is 0 Å². The molecule has 0 radical (unpaired) electrons. The van der Waals surface area contributed by atoms with Crippen LogP contribution in [0.15, 0.2) is 72.4 Å². The summed E-state index contributed by atoms with van der Waals surface area (Å²) in [6, 6.07) is 16.4. The molecule has 1 atom stereocenters. The predicted octanol–water partition coefficient (Wildman–Crippen LogP) is 5.66. The molecule has 0 aliphatic heterocycles. The lowest BCUT2D eigenvalue weighted by molar-refractivity contribution is -0.135. The minimum absolute atomic E-state index is 0.198. The van der Waals surface area contributed by atoms with E-state index in [1.165, 1.54) is 0 Å². The fourth-order valence-electron chi connectivity index (χ4n) is 3.88. The Morgan fingerprint density at radius 2 is 1.68 bits per heavy atom. The zero-order valence-corrected chi connectivity index (χ0v) is 24.1. The number of pyridine rings is 1. The number of rotatable bonds is 13. The average Bonchev–Trinajstić information content (AvgIpc) is 3.44. The fourth-order valence-corrected chi connectivity index (χ4v) is 4.59. The van der Waals surface area contributed by atoms with Crippen LogP contribution >= 0.6 is 11.3 Å². The Bertz CT molecular complexity index is 1180. The molecule has 40 heavy (non-hydrogen) atoms. The number of nitrogens with zero attached hydrogens (tertiary/aromatic N) is 2. The number of nitrogens with one attached hydrogen (secondary N) is 2. The van der Waals surface area contributed by atoms with Gasteiger partial charge in [-0.05, 0) is 74.7 Å². The Labute approximate surface area is 239 Å². The van der Waals surface area contributed by atoms with Crippen molar-refractivity contribution in [1.82, 2.24) is 20.5 Å². The third-order valence-corrected chi connectivity index (χ3v) is 6.61. The van der Waals surface area contributed by atoms with Gasteiger partial charge in [-0.3, -0.25) is 9.78 Å². The summed E-state index contributed by atoms with van der Waals surface area (Å²) in [6.07, 6.45) is 3.69. The van der Waals surface area contributed by atoms with Crippen LogP contribution in [0.25, 0.3) is 0 Å². The van der Waals surface area contributed by atoms with Gasteiger partial charge in [0.15, 0.2) is 0 Å². The average molecular weight is 567 g/mol. The largest absolute Gasteiger partial charge is 0.450 e. The summed E-state index contributed by atoms with van der Waals surface area (Å²) in [6.45, 7) is 6.69. The van der Waals surface area contributed by atoms with Gasteiger partial charge >= 0.3 is 12.2 Å². The molecule has 0 bridgehead atoms. The van der Waals surface area contributed by atoms with Crippen molar-refractivity contribution in [3.63, 3.8) is 0 Å². The second-order valence-electron chi connectivity index (χ2n) is 10.3. The summed E-state index contributed by atoms with van der Waals surface area (Å²) < 4.78 is 10.7. The Morgan fingerprint density at radius 1 is 0.925 bits per heavy atom. The second-order valence-corrected chi connectivity index (χ2v) is 11.3. The van der Waals surface area contributed by atoms with Crippen molar-refractivity contribution in [3.8, 4) is 0 Å². The van der Waals surface area contributed by atoms with Crippen LogP contribution in [0.4, 0.5) is 9.59 Å². The zero-order chi connectivity index (χ0) is 28.8. The molecular weight excluding hydrogens is 528 g/mol. The van der Waals surface area contributed by atoms with Gasteiger partial charge in [0.1, 0.15) is 11.6 Å². The van der Waals surface area contributed by atoms with Crippen LogP contribution < -0.4 is 10.6 Å². The van der Waals surface area contributed by atoms with E-state index in [4.69, 9.17) is 9.47 Å². The highest BCUT2D eigenvalue weighted by atomic mass is 32.1. The molecule has 2 heterocycles. The van der Waals surface area contributed by atoms with Gasteiger partial charge in [0.25, 0.3) is 0 Å². The molecule has 0 saturated carbocycles. The number of aromatic nitrogens is 1. The van der Waals surface area contributed by atoms with Gasteiger partial charge in [-0.2, -0.15) is 0 Å². The molecule has 0 unspecified atom stereocenters. The van der Waals surface area contributed by atoms with Gasteiger partial charge < -0.3 is 25.0 Å². The van der Waals surface area contributed by atoms with Gasteiger partial charge in [0.2, 0.25) is 5.91 Å². The number of benzene rings is 1. The number of hydrogen-bond acceptors (Lipinski definition) is 7. The monoisotopic (exact) mass is 566 g/mol. The fraction of sp³-hybridized carbons (Fsp3) is 0.400. The first kappa shape index (κ1) is 30.6. The van der Waals surface area contributed by atoms with Crippen molar-refractivity contribution in [3.05, 3.63) is 88.4 Å². The van der Waals surface area contributed by atoms with E-state index in [1.807, 2.05) is 60.0 Å². The molecule has 214 valence electrons. The molecule has 3 aromatic rings.